The predicted molar refractivity (Wildman–Crippen MR) is 93.7 cm³/mol. The van der Waals surface area contributed by atoms with E-state index in [-0.39, 0.29) is 11.6 Å². The second kappa shape index (κ2) is 5.69. The summed E-state index contributed by atoms with van der Waals surface area (Å²) in [7, 11) is 0. The van der Waals surface area contributed by atoms with Crippen molar-refractivity contribution in [3.8, 4) is 0 Å². The smallest absolute Gasteiger partial charge is 0.267 e. The van der Waals surface area contributed by atoms with E-state index in [1.165, 1.54) is 43.6 Å². The van der Waals surface area contributed by atoms with Crippen LogP contribution in [0.1, 0.15) is 55.1 Å². The number of amides is 2. The number of primary amides is 1. The van der Waals surface area contributed by atoms with Crippen molar-refractivity contribution in [2.24, 2.45) is 28.5 Å². The molecule has 4 rings (SSSR count). The maximum atomic E-state index is 12.6. The SMILES string of the molecule is CC1(c2ccnc(C(N)=O)c2)SC(CC2CC3CCC2C3)=NC1=O. The third-order valence-corrected chi connectivity index (χ3v) is 7.15. The molecule has 1 aliphatic heterocycles. The molecule has 6 heteroatoms. The molecule has 2 N–H and O–H groups in total. The average Bonchev–Trinajstić information content (AvgIpc) is 3.24. The molecule has 3 aliphatic rings. The first-order valence-electron chi connectivity index (χ1n) is 8.53. The number of nitrogens with two attached hydrogens (primary N) is 1. The third kappa shape index (κ3) is 2.57. The van der Waals surface area contributed by atoms with Crippen LogP contribution >= 0.6 is 11.8 Å². The first-order valence-corrected chi connectivity index (χ1v) is 9.34. The van der Waals surface area contributed by atoms with Crippen LogP contribution in [0.4, 0.5) is 0 Å². The van der Waals surface area contributed by atoms with E-state index in [1.807, 2.05) is 6.92 Å². The van der Waals surface area contributed by atoms with Gasteiger partial charge in [0.25, 0.3) is 11.8 Å². The number of hydrogen-bond acceptors (Lipinski definition) is 4. The normalized spacial score (nSPS) is 34.6. The van der Waals surface area contributed by atoms with Crippen molar-refractivity contribution in [1.29, 1.82) is 0 Å². The lowest BCUT2D eigenvalue weighted by Crippen LogP contribution is -2.25. The van der Waals surface area contributed by atoms with Crippen molar-refractivity contribution in [3.05, 3.63) is 29.6 Å². The Kier molecular flexibility index (Phi) is 3.75. The number of rotatable bonds is 4. The number of nitrogens with zero attached hydrogens (tertiary/aromatic N) is 2. The molecule has 1 aromatic rings. The van der Waals surface area contributed by atoms with Gasteiger partial charge in [0.2, 0.25) is 0 Å². The first-order chi connectivity index (χ1) is 11.5. The van der Waals surface area contributed by atoms with Crippen LogP contribution < -0.4 is 5.73 Å². The maximum Gasteiger partial charge on any atom is 0.267 e. The fourth-order valence-corrected chi connectivity index (χ4v) is 5.78. The number of carbonyl (C=O) groups excluding carboxylic acids is 2. The summed E-state index contributed by atoms with van der Waals surface area (Å²) in [6.07, 6.45) is 7.81. The number of aliphatic imine (C=N–C) groups is 1. The topological polar surface area (TPSA) is 85.4 Å². The number of aromatic nitrogens is 1. The largest absolute Gasteiger partial charge is 0.364 e. The van der Waals surface area contributed by atoms with Crippen molar-refractivity contribution in [2.45, 2.75) is 43.8 Å². The minimum Gasteiger partial charge on any atom is -0.364 e. The van der Waals surface area contributed by atoms with Gasteiger partial charge in [-0.2, -0.15) is 0 Å². The van der Waals surface area contributed by atoms with E-state index in [0.717, 1.165) is 28.9 Å². The zero-order valence-electron chi connectivity index (χ0n) is 13.7. The first kappa shape index (κ1) is 15.8. The molecule has 2 bridgehead atoms. The Bertz CT molecular complexity index is 748. The van der Waals surface area contributed by atoms with Crippen LogP contribution in [0.5, 0.6) is 0 Å². The number of carbonyl (C=O) groups is 2. The fourth-order valence-electron chi connectivity index (χ4n) is 4.50. The van der Waals surface area contributed by atoms with Crippen molar-refractivity contribution >= 4 is 28.6 Å². The quantitative estimate of drug-likeness (QED) is 0.911. The van der Waals surface area contributed by atoms with E-state index in [1.54, 1.807) is 12.1 Å². The van der Waals surface area contributed by atoms with Gasteiger partial charge in [0.05, 0.1) is 5.04 Å². The van der Waals surface area contributed by atoms with Crippen molar-refractivity contribution < 1.29 is 9.59 Å². The zero-order chi connectivity index (χ0) is 16.9. The summed E-state index contributed by atoms with van der Waals surface area (Å²) >= 11 is 1.53. The molecule has 4 unspecified atom stereocenters. The molecule has 2 saturated carbocycles. The van der Waals surface area contributed by atoms with E-state index in [9.17, 15) is 9.59 Å². The lowest BCUT2D eigenvalue weighted by molar-refractivity contribution is -0.119. The second-order valence-corrected chi connectivity index (χ2v) is 8.87. The lowest BCUT2D eigenvalue weighted by Gasteiger charge is -2.23. The molecule has 0 spiro atoms. The summed E-state index contributed by atoms with van der Waals surface area (Å²) in [6.45, 7) is 1.87. The van der Waals surface area contributed by atoms with Crippen molar-refractivity contribution in [2.75, 3.05) is 0 Å². The zero-order valence-corrected chi connectivity index (χ0v) is 14.5. The summed E-state index contributed by atoms with van der Waals surface area (Å²) in [5, 5.41) is 0.942. The van der Waals surface area contributed by atoms with E-state index in [4.69, 9.17) is 5.73 Å². The molecular weight excluding hydrogens is 322 g/mol. The lowest BCUT2D eigenvalue weighted by atomic mass is 9.87. The number of thioether (sulfide) groups is 1. The van der Waals surface area contributed by atoms with Gasteiger partial charge < -0.3 is 5.73 Å². The molecule has 0 radical (unpaired) electrons. The molecule has 2 aliphatic carbocycles. The number of fused-ring (bicyclic) bond motifs is 2. The fraction of sp³-hybridized carbons (Fsp3) is 0.556. The van der Waals surface area contributed by atoms with Crippen LogP contribution in [-0.2, 0) is 9.54 Å². The maximum absolute atomic E-state index is 12.6. The van der Waals surface area contributed by atoms with E-state index in [2.05, 4.69) is 9.98 Å². The molecule has 1 aromatic heterocycles. The summed E-state index contributed by atoms with van der Waals surface area (Å²) in [6, 6.07) is 3.39. The number of pyridine rings is 1. The molecule has 4 atom stereocenters. The average molecular weight is 343 g/mol. The van der Waals surface area contributed by atoms with Gasteiger partial charge in [0.15, 0.2) is 0 Å². The van der Waals surface area contributed by atoms with Crippen molar-refractivity contribution in [1.82, 2.24) is 4.98 Å². The molecular formula is C18H21N3O2S. The highest BCUT2D eigenvalue weighted by molar-refractivity contribution is 8.15. The molecule has 5 nitrogen and oxygen atoms in total. The van der Waals surface area contributed by atoms with Gasteiger partial charge in [-0.05, 0) is 68.1 Å². The molecule has 2 amide bonds. The van der Waals surface area contributed by atoms with Crippen LogP contribution in [0.3, 0.4) is 0 Å². The van der Waals surface area contributed by atoms with Crippen LogP contribution in [-0.4, -0.2) is 21.8 Å². The van der Waals surface area contributed by atoms with Gasteiger partial charge in [-0.15, -0.1) is 0 Å². The van der Waals surface area contributed by atoms with Crippen LogP contribution in [0, 0.1) is 17.8 Å². The minimum atomic E-state index is -0.778. The Morgan fingerprint density at radius 1 is 1.42 bits per heavy atom. The molecule has 126 valence electrons. The Morgan fingerprint density at radius 2 is 2.25 bits per heavy atom. The molecule has 2 fully saturated rings. The van der Waals surface area contributed by atoms with Crippen LogP contribution in [0.2, 0.25) is 0 Å². The van der Waals surface area contributed by atoms with Gasteiger partial charge in [-0.1, -0.05) is 18.2 Å². The third-order valence-electron chi connectivity index (χ3n) is 5.84. The van der Waals surface area contributed by atoms with Gasteiger partial charge in [-0.3, -0.25) is 14.6 Å². The summed E-state index contributed by atoms with van der Waals surface area (Å²) in [4.78, 5) is 32.2. The summed E-state index contributed by atoms with van der Waals surface area (Å²) in [5.74, 6) is 1.67. The van der Waals surface area contributed by atoms with E-state index < -0.39 is 10.7 Å². The monoisotopic (exact) mass is 343 g/mol. The minimum absolute atomic E-state index is 0.146. The molecule has 2 heterocycles. The Balaban J connectivity index is 1.52. The Morgan fingerprint density at radius 3 is 2.92 bits per heavy atom. The highest BCUT2D eigenvalue weighted by atomic mass is 32.2. The molecule has 0 aromatic carbocycles. The highest BCUT2D eigenvalue weighted by Gasteiger charge is 2.45. The van der Waals surface area contributed by atoms with E-state index >= 15 is 0 Å². The summed E-state index contributed by atoms with van der Waals surface area (Å²) < 4.78 is -0.778. The van der Waals surface area contributed by atoms with Gasteiger partial charge >= 0.3 is 0 Å². The van der Waals surface area contributed by atoms with Gasteiger partial charge in [0, 0.05) is 6.20 Å². The predicted octanol–water partition coefficient (Wildman–Crippen LogP) is 2.89. The second-order valence-electron chi connectivity index (χ2n) is 7.38. The summed E-state index contributed by atoms with van der Waals surface area (Å²) in [5.41, 5.74) is 6.24. The Hall–Kier alpha value is -1.69. The van der Waals surface area contributed by atoms with Gasteiger partial charge in [-0.25, -0.2) is 4.99 Å². The highest BCUT2D eigenvalue weighted by Crippen LogP contribution is 2.52. The van der Waals surface area contributed by atoms with Gasteiger partial charge in [0.1, 0.15) is 10.4 Å². The van der Waals surface area contributed by atoms with Crippen LogP contribution in [0.15, 0.2) is 23.3 Å². The molecule has 24 heavy (non-hydrogen) atoms. The van der Waals surface area contributed by atoms with Crippen molar-refractivity contribution in [3.63, 3.8) is 0 Å². The molecule has 0 saturated heterocycles. The standard InChI is InChI=1S/C18H21N3O2S/c1-18(13-4-5-20-14(9-13)16(19)22)17(23)21-15(24-18)8-12-7-10-2-3-11(12)6-10/h4-5,9-12H,2-3,6-8H2,1H3,(H2,19,22). The number of hydrogen-bond donors (Lipinski definition) is 1. The van der Waals surface area contributed by atoms with Crippen LogP contribution in [0.25, 0.3) is 0 Å². The Labute approximate surface area is 145 Å². The van der Waals surface area contributed by atoms with E-state index in [0.29, 0.717) is 5.92 Å².